The van der Waals surface area contributed by atoms with Gasteiger partial charge in [-0.25, -0.2) is 9.37 Å². The Morgan fingerprint density at radius 1 is 1.00 bits per heavy atom. The number of nitrogens with zero attached hydrogens (tertiary/aromatic N) is 2. The largest absolute Gasteiger partial charge is 0.437 e. The van der Waals surface area contributed by atoms with Gasteiger partial charge in [0.1, 0.15) is 23.6 Å². The number of benzene rings is 2. The van der Waals surface area contributed by atoms with Crippen LogP contribution < -0.4 is 15.8 Å². The van der Waals surface area contributed by atoms with Crippen LogP contribution in [0.25, 0.3) is 0 Å². The van der Waals surface area contributed by atoms with Gasteiger partial charge in [-0.3, -0.25) is 0 Å². The van der Waals surface area contributed by atoms with Crippen molar-refractivity contribution in [3.8, 4) is 11.6 Å². The molecule has 0 unspecified atom stereocenters. The van der Waals surface area contributed by atoms with E-state index in [4.69, 9.17) is 10.5 Å². The van der Waals surface area contributed by atoms with Gasteiger partial charge >= 0.3 is 0 Å². The first kappa shape index (κ1) is 16.7. The fraction of sp³-hybridized carbons (Fsp3) is 0. The molecule has 0 aliphatic heterocycles. The highest BCUT2D eigenvalue weighted by molar-refractivity contribution is 9.10. The van der Waals surface area contributed by atoms with Crippen LogP contribution in [0.4, 0.5) is 21.6 Å². The van der Waals surface area contributed by atoms with E-state index in [0.717, 1.165) is 4.47 Å². The van der Waals surface area contributed by atoms with Crippen molar-refractivity contribution in [2.24, 2.45) is 0 Å². The van der Waals surface area contributed by atoms with Gasteiger partial charge in [-0.15, -0.1) is 0 Å². The molecule has 3 aromatic rings. The Kier molecular flexibility index (Phi) is 4.96. The minimum atomic E-state index is -0.433. The molecule has 5 nitrogen and oxygen atoms in total. The number of hydrogen-bond donors (Lipinski definition) is 2. The highest BCUT2D eigenvalue weighted by atomic mass is 79.9. The zero-order valence-corrected chi connectivity index (χ0v) is 15.3. The minimum Gasteiger partial charge on any atom is -0.437 e. The summed E-state index contributed by atoms with van der Waals surface area (Å²) < 4.78 is 21.2. The average Bonchev–Trinajstić information content (AvgIpc) is 2.55. The van der Waals surface area contributed by atoms with Gasteiger partial charge in [0.2, 0.25) is 5.88 Å². The number of nitrogens with two attached hydrogens (primary N) is 1. The van der Waals surface area contributed by atoms with Crippen molar-refractivity contribution in [3.05, 3.63) is 63.6 Å². The quantitative estimate of drug-likeness (QED) is 0.563. The summed E-state index contributed by atoms with van der Waals surface area (Å²) in [4.78, 5) is 8.06. The fourth-order valence-corrected chi connectivity index (χ4v) is 2.49. The molecule has 2 aromatic carbocycles. The Hall–Kier alpha value is -2.19. The fourth-order valence-electron chi connectivity index (χ4n) is 1.89. The SMILES string of the molecule is Nc1c(Nc2ccc(Br)cc2F)ncnc1Oc1ccc(Br)cc1. The maximum absolute atomic E-state index is 13.9. The number of hydrogen-bond acceptors (Lipinski definition) is 5. The van der Waals surface area contributed by atoms with E-state index in [9.17, 15) is 4.39 Å². The number of rotatable bonds is 4. The van der Waals surface area contributed by atoms with Crippen molar-refractivity contribution < 1.29 is 9.13 Å². The van der Waals surface area contributed by atoms with Gasteiger partial charge in [0.05, 0.1) is 5.69 Å². The predicted molar refractivity (Wildman–Crippen MR) is 98.0 cm³/mol. The molecule has 0 amide bonds. The van der Waals surface area contributed by atoms with E-state index in [0.29, 0.717) is 10.2 Å². The second-order valence-electron chi connectivity index (χ2n) is 4.75. The number of nitrogen functional groups attached to an aromatic ring is 1. The summed E-state index contributed by atoms with van der Waals surface area (Å²) in [5.41, 5.74) is 6.47. The molecular weight excluding hydrogens is 443 g/mol. The monoisotopic (exact) mass is 452 g/mol. The minimum absolute atomic E-state index is 0.183. The van der Waals surface area contributed by atoms with Crippen LogP contribution in [-0.2, 0) is 0 Å². The Labute approximate surface area is 154 Å². The summed E-state index contributed by atoms with van der Waals surface area (Å²) in [6.45, 7) is 0. The van der Waals surface area contributed by atoms with Crippen LogP contribution in [0, 0.1) is 5.82 Å². The third-order valence-corrected chi connectivity index (χ3v) is 4.08. The molecule has 0 fully saturated rings. The number of halogens is 3. The normalized spacial score (nSPS) is 10.5. The van der Waals surface area contributed by atoms with E-state index in [1.165, 1.54) is 12.4 Å². The van der Waals surface area contributed by atoms with Gasteiger partial charge in [-0.1, -0.05) is 31.9 Å². The van der Waals surface area contributed by atoms with E-state index in [1.54, 1.807) is 24.3 Å². The summed E-state index contributed by atoms with van der Waals surface area (Å²) in [6, 6.07) is 11.9. The molecular formula is C16H11Br2FN4O. The molecule has 0 aliphatic rings. The highest BCUT2D eigenvalue weighted by Crippen LogP contribution is 2.32. The molecule has 0 radical (unpaired) electrons. The smallest absolute Gasteiger partial charge is 0.248 e. The lowest BCUT2D eigenvalue weighted by molar-refractivity contribution is 0.464. The summed E-state index contributed by atoms with van der Waals surface area (Å²) >= 11 is 6.56. The molecule has 1 aromatic heterocycles. The van der Waals surface area contributed by atoms with Crippen molar-refractivity contribution in [3.63, 3.8) is 0 Å². The van der Waals surface area contributed by atoms with Crippen molar-refractivity contribution in [2.75, 3.05) is 11.1 Å². The van der Waals surface area contributed by atoms with Crippen LogP contribution in [0.5, 0.6) is 11.6 Å². The van der Waals surface area contributed by atoms with Crippen molar-refractivity contribution >= 4 is 49.1 Å². The van der Waals surface area contributed by atoms with Crippen molar-refractivity contribution in [2.45, 2.75) is 0 Å². The molecule has 0 aliphatic carbocycles. The van der Waals surface area contributed by atoms with E-state index in [2.05, 4.69) is 47.1 Å². The first-order valence-corrected chi connectivity index (χ1v) is 8.37. The van der Waals surface area contributed by atoms with Crippen LogP contribution >= 0.6 is 31.9 Å². The molecule has 0 bridgehead atoms. The second kappa shape index (κ2) is 7.14. The van der Waals surface area contributed by atoms with Gasteiger partial charge < -0.3 is 15.8 Å². The van der Waals surface area contributed by atoms with E-state index in [-0.39, 0.29) is 23.1 Å². The molecule has 0 saturated heterocycles. The molecule has 0 atom stereocenters. The number of aromatic nitrogens is 2. The summed E-state index contributed by atoms with van der Waals surface area (Å²) in [5.74, 6) is 0.591. The standard InChI is InChI=1S/C16H11Br2FN4O/c17-9-1-4-11(5-2-9)24-16-14(20)15(21-8-22-16)23-13-6-3-10(18)7-12(13)19/h1-8H,20H2,(H,21,22,23). The molecule has 122 valence electrons. The predicted octanol–water partition coefficient (Wildman–Crippen LogP) is 5.26. The van der Waals surface area contributed by atoms with E-state index in [1.807, 2.05) is 12.1 Å². The van der Waals surface area contributed by atoms with E-state index < -0.39 is 5.82 Å². The molecule has 3 rings (SSSR count). The summed E-state index contributed by atoms with van der Waals surface area (Å²) in [5, 5.41) is 2.84. The Morgan fingerprint density at radius 2 is 1.71 bits per heavy atom. The maximum atomic E-state index is 13.9. The zero-order chi connectivity index (χ0) is 17.1. The Balaban J connectivity index is 1.86. The molecule has 8 heteroatoms. The second-order valence-corrected chi connectivity index (χ2v) is 6.58. The van der Waals surface area contributed by atoms with Gasteiger partial charge in [0.15, 0.2) is 5.82 Å². The number of nitrogens with one attached hydrogen (secondary N) is 1. The lowest BCUT2D eigenvalue weighted by Crippen LogP contribution is -2.04. The Bertz CT molecular complexity index is 874. The first-order valence-electron chi connectivity index (χ1n) is 6.79. The van der Waals surface area contributed by atoms with Crippen molar-refractivity contribution in [1.29, 1.82) is 0 Å². The van der Waals surface area contributed by atoms with Gasteiger partial charge in [-0.05, 0) is 42.5 Å². The molecule has 0 saturated carbocycles. The maximum Gasteiger partial charge on any atom is 0.248 e. The first-order chi connectivity index (χ1) is 11.5. The highest BCUT2D eigenvalue weighted by Gasteiger charge is 2.12. The molecule has 0 spiro atoms. The van der Waals surface area contributed by atoms with Crippen LogP contribution in [0.3, 0.4) is 0 Å². The number of ether oxygens (including phenoxy) is 1. The van der Waals surface area contributed by atoms with Gasteiger partial charge in [0.25, 0.3) is 0 Å². The summed E-state index contributed by atoms with van der Waals surface area (Å²) in [6.07, 6.45) is 1.30. The van der Waals surface area contributed by atoms with Crippen LogP contribution in [0.2, 0.25) is 0 Å². The third-order valence-electron chi connectivity index (χ3n) is 3.06. The molecule has 1 heterocycles. The topological polar surface area (TPSA) is 73.1 Å². The van der Waals surface area contributed by atoms with Gasteiger partial charge in [0, 0.05) is 8.95 Å². The lowest BCUT2D eigenvalue weighted by Gasteiger charge is -2.12. The van der Waals surface area contributed by atoms with Crippen LogP contribution in [-0.4, -0.2) is 9.97 Å². The summed E-state index contributed by atoms with van der Waals surface area (Å²) in [7, 11) is 0. The Morgan fingerprint density at radius 3 is 2.42 bits per heavy atom. The average molecular weight is 454 g/mol. The van der Waals surface area contributed by atoms with Crippen LogP contribution in [0.1, 0.15) is 0 Å². The van der Waals surface area contributed by atoms with Crippen LogP contribution in [0.15, 0.2) is 57.7 Å². The third kappa shape index (κ3) is 3.82. The molecule has 3 N–H and O–H groups in total. The lowest BCUT2D eigenvalue weighted by atomic mass is 10.3. The zero-order valence-electron chi connectivity index (χ0n) is 12.1. The van der Waals surface area contributed by atoms with Crippen molar-refractivity contribution in [1.82, 2.24) is 9.97 Å². The van der Waals surface area contributed by atoms with E-state index >= 15 is 0 Å². The number of anilines is 3. The van der Waals surface area contributed by atoms with Gasteiger partial charge in [-0.2, -0.15) is 4.98 Å². The molecule has 24 heavy (non-hydrogen) atoms.